The lowest BCUT2D eigenvalue weighted by molar-refractivity contribution is 0.431. The zero-order valence-electron chi connectivity index (χ0n) is 14.1. The molecule has 1 N–H and O–H groups in total. The Kier molecular flexibility index (Phi) is 3.81. The van der Waals surface area contributed by atoms with Gasteiger partial charge in [0.05, 0.1) is 12.1 Å². The summed E-state index contributed by atoms with van der Waals surface area (Å²) >= 11 is 0. The molecule has 0 bridgehead atoms. The molecule has 0 fully saturated rings. The molecule has 4 rings (SSSR count). The SMILES string of the molecule is CCc1ccc([C@@H]2C[C@H](c3ccc(C)cc3)n3ncnc3N2)cc1. The van der Waals surface area contributed by atoms with Crippen LogP contribution in [0.5, 0.6) is 0 Å². The third-order valence-corrected chi connectivity index (χ3v) is 4.88. The second-order valence-corrected chi connectivity index (χ2v) is 6.48. The molecule has 1 aromatic heterocycles. The highest BCUT2D eigenvalue weighted by Gasteiger charge is 2.29. The molecule has 4 nitrogen and oxygen atoms in total. The number of benzene rings is 2. The summed E-state index contributed by atoms with van der Waals surface area (Å²) in [4.78, 5) is 4.40. The first kappa shape index (κ1) is 14.9. The molecular weight excluding hydrogens is 296 g/mol. The van der Waals surface area contributed by atoms with Gasteiger partial charge in [0.15, 0.2) is 0 Å². The van der Waals surface area contributed by atoms with E-state index in [0.717, 1.165) is 18.8 Å². The Morgan fingerprint density at radius 1 is 1.04 bits per heavy atom. The van der Waals surface area contributed by atoms with E-state index in [1.165, 1.54) is 22.3 Å². The molecule has 0 saturated carbocycles. The summed E-state index contributed by atoms with van der Waals surface area (Å²) in [6.07, 6.45) is 3.66. The van der Waals surface area contributed by atoms with Gasteiger partial charge in [-0.3, -0.25) is 0 Å². The maximum Gasteiger partial charge on any atom is 0.222 e. The van der Waals surface area contributed by atoms with E-state index >= 15 is 0 Å². The Morgan fingerprint density at radius 3 is 2.46 bits per heavy atom. The van der Waals surface area contributed by atoms with Gasteiger partial charge in [-0.25, -0.2) is 4.68 Å². The maximum atomic E-state index is 4.44. The van der Waals surface area contributed by atoms with Crippen LogP contribution < -0.4 is 5.32 Å². The summed E-state index contributed by atoms with van der Waals surface area (Å²) < 4.78 is 2.00. The number of nitrogens with zero attached hydrogens (tertiary/aromatic N) is 3. The van der Waals surface area contributed by atoms with E-state index in [-0.39, 0.29) is 12.1 Å². The number of hydrogen-bond donors (Lipinski definition) is 1. The molecule has 0 spiro atoms. The van der Waals surface area contributed by atoms with Crippen molar-refractivity contribution < 1.29 is 0 Å². The minimum Gasteiger partial charge on any atom is -0.348 e. The first-order valence-electron chi connectivity index (χ1n) is 8.56. The number of rotatable bonds is 3. The largest absolute Gasteiger partial charge is 0.348 e. The van der Waals surface area contributed by atoms with E-state index in [0.29, 0.717) is 0 Å². The van der Waals surface area contributed by atoms with Crippen molar-refractivity contribution in [1.82, 2.24) is 14.8 Å². The highest BCUT2D eigenvalue weighted by molar-refractivity contribution is 5.39. The molecule has 0 aliphatic carbocycles. The Labute approximate surface area is 142 Å². The summed E-state index contributed by atoms with van der Waals surface area (Å²) in [7, 11) is 0. The highest BCUT2D eigenvalue weighted by Crippen LogP contribution is 2.37. The number of anilines is 1. The normalized spacial score (nSPS) is 19.6. The Hall–Kier alpha value is -2.62. The summed E-state index contributed by atoms with van der Waals surface area (Å²) in [6, 6.07) is 18.1. The van der Waals surface area contributed by atoms with Crippen molar-refractivity contribution in [2.75, 3.05) is 5.32 Å². The number of aromatic nitrogens is 3. The second-order valence-electron chi connectivity index (χ2n) is 6.48. The molecule has 2 aromatic carbocycles. The minimum absolute atomic E-state index is 0.209. The van der Waals surface area contributed by atoms with Crippen LogP contribution in [-0.4, -0.2) is 14.8 Å². The lowest BCUT2D eigenvalue weighted by atomic mass is 9.92. The molecule has 0 unspecified atom stereocenters. The van der Waals surface area contributed by atoms with Crippen LogP contribution in [0.25, 0.3) is 0 Å². The topological polar surface area (TPSA) is 42.7 Å². The number of aryl methyl sites for hydroxylation is 2. The van der Waals surface area contributed by atoms with E-state index < -0.39 is 0 Å². The van der Waals surface area contributed by atoms with Gasteiger partial charge in [-0.1, -0.05) is 61.0 Å². The first-order chi connectivity index (χ1) is 11.7. The van der Waals surface area contributed by atoms with Crippen molar-refractivity contribution in [3.8, 4) is 0 Å². The fourth-order valence-corrected chi connectivity index (χ4v) is 3.39. The van der Waals surface area contributed by atoms with Crippen molar-refractivity contribution in [2.24, 2.45) is 0 Å². The fraction of sp³-hybridized carbons (Fsp3) is 0.300. The van der Waals surface area contributed by atoms with Crippen molar-refractivity contribution in [3.05, 3.63) is 77.1 Å². The molecular formula is C20H22N4. The summed E-state index contributed by atoms with van der Waals surface area (Å²) in [5, 5.41) is 7.97. The highest BCUT2D eigenvalue weighted by atomic mass is 15.4. The van der Waals surface area contributed by atoms with Crippen molar-refractivity contribution >= 4 is 5.95 Å². The van der Waals surface area contributed by atoms with Gasteiger partial charge in [0.2, 0.25) is 5.95 Å². The third-order valence-electron chi connectivity index (χ3n) is 4.88. The lowest BCUT2D eigenvalue weighted by Gasteiger charge is -2.32. The van der Waals surface area contributed by atoms with E-state index in [1.54, 1.807) is 6.33 Å². The number of fused-ring (bicyclic) bond motifs is 1. The smallest absolute Gasteiger partial charge is 0.222 e. The van der Waals surface area contributed by atoms with Crippen molar-refractivity contribution in [1.29, 1.82) is 0 Å². The lowest BCUT2D eigenvalue weighted by Crippen LogP contribution is -2.28. The van der Waals surface area contributed by atoms with Gasteiger partial charge in [-0.15, -0.1) is 0 Å². The van der Waals surface area contributed by atoms with Gasteiger partial charge in [0.1, 0.15) is 6.33 Å². The van der Waals surface area contributed by atoms with Crippen molar-refractivity contribution in [3.63, 3.8) is 0 Å². The monoisotopic (exact) mass is 318 g/mol. The van der Waals surface area contributed by atoms with Crippen LogP contribution in [0.3, 0.4) is 0 Å². The zero-order valence-corrected chi connectivity index (χ0v) is 14.1. The Morgan fingerprint density at radius 2 is 1.75 bits per heavy atom. The van der Waals surface area contributed by atoms with E-state index in [4.69, 9.17) is 0 Å². The van der Waals surface area contributed by atoms with Gasteiger partial charge >= 0.3 is 0 Å². The van der Waals surface area contributed by atoms with Gasteiger partial charge in [-0.2, -0.15) is 10.1 Å². The quantitative estimate of drug-likeness (QED) is 0.783. The van der Waals surface area contributed by atoms with Crippen LogP contribution in [0.4, 0.5) is 5.95 Å². The molecule has 1 aliphatic rings. The molecule has 3 aromatic rings. The van der Waals surface area contributed by atoms with Crippen molar-refractivity contribution in [2.45, 2.75) is 38.8 Å². The Balaban J connectivity index is 1.68. The van der Waals surface area contributed by atoms with Gasteiger partial charge in [0, 0.05) is 0 Å². The molecule has 122 valence electrons. The maximum absolute atomic E-state index is 4.44. The molecule has 1 aliphatic heterocycles. The van der Waals surface area contributed by atoms with Gasteiger partial charge in [0.25, 0.3) is 0 Å². The second kappa shape index (κ2) is 6.11. The van der Waals surface area contributed by atoms with Gasteiger partial charge < -0.3 is 5.32 Å². The first-order valence-corrected chi connectivity index (χ1v) is 8.56. The number of nitrogens with one attached hydrogen (secondary N) is 1. The molecule has 4 heteroatoms. The van der Waals surface area contributed by atoms with Crippen LogP contribution in [-0.2, 0) is 6.42 Å². The average Bonchev–Trinajstić information content (AvgIpc) is 3.10. The molecule has 0 radical (unpaired) electrons. The predicted octanol–water partition coefficient (Wildman–Crippen LogP) is 4.30. The summed E-state index contributed by atoms with van der Waals surface area (Å²) in [5.74, 6) is 0.844. The molecule has 24 heavy (non-hydrogen) atoms. The molecule has 0 saturated heterocycles. The van der Waals surface area contributed by atoms with Crippen LogP contribution in [0.2, 0.25) is 0 Å². The van der Waals surface area contributed by atoms with E-state index in [9.17, 15) is 0 Å². The standard InChI is InChI=1S/C20H22N4/c1-3-15-6-10-16(11-7-15)18-12-19(17-8-4-14(2)5-9-17)24-20(23-18)21-13-22-24/h4-11,13,18-19H,3,12H2,1-2H3,(H,21,22,23)/t18-,19+/m0/s1. The zero-order chi connectivity index (χ0) is 16.5. The summed E-state index contributed by atoms with van der Waals surface area (Å²) in [6.45, 7) is 4.30. The van der Waals surface area contributed by atoms with E-state index in [1.807, 2.05) is 4.68 Å². The predicted molar refractivity (Wildman–Crippen MR) is 96.1 cm³/mol. The van der Waals surface area contributed by atoms with Gasteiger partial charge in [-0.05, 0) is 36.5 Å². The molecule has 0 amide bonds. The number of hydrogen-bond acceptors (Lipinski definition) is 3. The van der Waals surface area contributed by atoms with E-state index in [2.05, 4.69) is 77.8 Å². The molecule has 2 atom stereocenters. The van der Waals surface area contributed by atoms with Crippen LogP contribution >= 0.6 is 0 Å². The van der Waals surface area contributed by atoms with Crippen LogP contribution in [0.15, 0.2) is 54.9 Å². The Bertz CT molecular complexity index is 818. The third kappa shape index (κ3) is 2.68. The minimum atomic E-state index is 0.209. The summed E-state index contributed by atoms with van der Waals surface area (Å²) in [5.41, 5.74) is 5.23. The van der Waals surface area contributed by atoms with Crippen LogP contribution in [0.1, 0.15) is 47.7 Å². The average molecular weight is 318 g/mol. The molecule has 2 heterocycles. The fourth-order valence-electron chi connectivity index (χ4n) is 3.39. The van der Waals surface area contributed by atoms with Crippen LogP contribution in [0, 0.1) is 6.92 Å².